The minimum atomic E-state index is -0.433. The van der Waals surface area contributed by atoms with E-state index in [0.29, 0.717) is 18.9 Å². The summed E-state index contributed by atoms with van der Waals surface area (Å²) >= 11 is 0. The Morgan fingerprint density at radius 2 is 2.09 bits per heavy atom. The number of aromatic nitrogens is 1. The van der Waals surface area contributed by atoms with Crippen molar-refractivity contribution in [3.8, 4) is 0 Å². The number of carbonyl (C=O) groups excluding carboxylic acids is 2. The number of H-pyrrole nitrogens is 1. The molecule has 32 heavy (non-hydrogen) atoms. The highest BCUT2D eigenvalue weighted by molar-refractivity contribution is 5.85. The normalized spacial score (nSPS) is 29.5. The quantitative estimate of drug-likeness (QED) is 0.708. The van der Waals surface area contributed by atoms with Crippen molar-refractivity contribution in [3.63, 3.8) is 0 Å². The van der Waals surface area contributed by atoms with E-state index >= 15 is 0 Å². The van der Waals surface area contributed by atoms with Gasteiger partial charge in [-0.1, -0.05) is 25.1 Å². The second-order valence-electron chi connectivity index (χ2n) is 9.48. The van der Waals surface area contributed by atoms with Crippen LogP contribution < -0.4 is 5.32 Å². The number of nitrogens with one attached hydrogen (secondary N) is 2. The van der Waals surface area contributed by atoms with Crippen molar-refractivity contribution < 1.29 is 19.1 Å². The Bertz CT molecular complexity index is 1000. The number of alkyl carbamates (subject to hydrolysis) is 1. The number of carbonyl (C=O) groups is 2. The molecule has 3 heterocycles. The van der Waals surface area contributed by atoms with Gasteiger partial charge in [-0.25, -0.2) is 4.79 Å². The van der Waals surface area contributed by atoms with Gasteiger partial charge in [-0.3, -0.25) is 9.69 Å². The van der Waals surface area contributed by atoms with Crippen LogP contribution in [0, 0.1) is 17.8 Å². The van der Waals surface area contributed by atoms with Crippen LogP contribution in [-0.4, -0.2) is 54.8 Å². The number of piperidine rings is 1. The summed E-state index contributed by atoms with van der Waals surface area (Å²) in [5, 5.41) is 4.09. The maximum atomic E-state index is 12.9. The molecule has 3 aliphatic rings. The van der Waals surface area contributed by atoms with Gasteiger partial charge in [0, 0.05) is 36.2 Å². The van der Waals surface area contributed by atoms with E-state index in [0.717, 1.165) is 38.8 Å². The fourth-order valence-electron chi connectivity index (χ4n) is 6.32. The maximum absolute atomic E-state index is 12.9. The average molecular weight is 440 g/mol. The summed E-state index contributed by atoms with van der Waals surface area (Å²) in [6.45, 7) is 4.59. The Labute approximate surface area is 188 Å². The Morgan fingerprint density at radius 1 is 1.25 bits per heavy atom. The van der Waals surface area contributed by atoms with Crippen LogP contribution in [0.4, 0.5) is 4.79 Å². The zero-order valence-corrected chi connectivity index (χ0v) is 18.9. The molecule has 7 nitrogen and oxygen atoms in total. The predicted molar refractivity (Wildman–Crippen MR) is 121 cm³/mol. The van der Waals surface area contributed by atoms with Gasteiger partial charge in [0.25, 0.3) is 0 Å². The summed E-state index contributed by atoms with van der Waals surface area (Å²) < 4.78 is 11.0. The number of nitrogens with zero attached hydrogens (tertiary/aromatic N) is 1. The third-order valence-electron chi connectivity index (χ3n) is 7.77. The summed E-state index contributed by atoms with van der Waals surface area (Å²) in [7, 11) is 1.44. The van der Waals surface area contributed by atoms with E-state index in [-0.39, 0.29) is 17.9 Å². The first-order valence-corrected chi connectivity index (χ1v) is 12.0. The molecule has 2 aromatic rings. The first-order valence-electron chi connectivity index (χ1n) is 12.0. The highest BCUT2D eigenvalue weighted by atomic mass is 16.6. The van der Waals surface area contributed by atoms with Crippen molar-refractivity contribution in [1.82, 2.24) is 15.2 Å². The number of benzene rings is 1. The standard InChI is InChI=1S/C25H33N3O4/c1-3-11-26-25(30)32-21-9-8-15-14-28-12-10-17-16-6-4-5-7-19(16)27-23(17)20(28)13-18(15)22(21)24(29)31-2/h4-7,15,18,20-22,27H,3,8-14H2,1-2H3,(H,26,30)/t15-,18-,20-,21-,22+/m0/s1. The van der Waals surface area contributed by atoms with Crippen LogP contribution in [0.25, 0.3) is 10.9 Å². The zero-order chi connectivity index (χ0) is 22.2. The Morgan fingerprint density at radius 3 is 2.91 bits per heavy atom. The number of aromatic amines is 1. The summed E-state index contributed by atoms with van der Waals surface area (Å²) in [4.78, 5) is 31.5. The third-order valence-corrected chi connectivity index (χ3v) is 7.77. The van der Waals surface area contributed by atoms with Crippen molar-refractivity contribution in [2.45, 2.75) is 51.2 Å². The van der Waals surface area contributed by atoms with E-state index in [4.69, 9.17) is 9.47 Å². The smallest absolute Gasteiger partial charge is 0.407 e. The molecule has 1 aliphatic carbocycles. The molecule has 172 valence electrons. The molecule has 0 spiro atoms. The number of rotatable bonds is 4. The van der Waals surface area contributed by atoms with E-state index in [1.54, 1.807) is 0 Å². The zero-order valence-electron chi connectivity index (χ0n) is 18.9. The van der Waals surface area contributed by atoms with Crippen molar-refractivity contribution >= 4 is 23.0 Å². The third kappa shape index (κ3) is 3.66. The van der Waals surface area contributed by atoms with Crippen LogP contribution in [0.15, 0.2) is 24.3 Å². The highest BCUT2D eigenvalue weighted by Gasteiger charge is 2.51. The van der Waals surface area contributed by atoms with E-state index in [1.165, 1.54) is 29.3 Å². The minimum Gasteiger partial charge on any atom is -0.469 e. The van der Waals surface area contributed by atoms with Gasteiger partial charge < -0.3 is 19.8 Å². The molecule has 7 heteroatoms. The van der Waals surface area contributed by atoms with Crippen molar-refractivity contribution in [2.24, 2.45) is 17.8 Å². The first kappa shape index (κ1) is 21.3. The molecule has 2 aliphatic heterocycles. The molecular formula is C25H33N3O4. The number of para-hydroxylation sites is 1. The van der Waals surface area contributed by atoms with Crippen LogP contribution >= 0.6 is 0 Å². The molecule has 1 aromatic heterocycles. The van der Waals surface area contributed by atoms with Gasteiger partial charge in [0.2, 0.25) is 0 Å². The molecule has 1 amide bonds. The topological polar surface area (TPSA) is 83.7 Å². The maximum Gasteiger partial charge on any atom is 0.407 e. The first-order chi connectivity index (χ1) is 15.6. The molecule has 1 aromatic carbocycles. The van der Waals surface area contributed by atoms with Crippen molar-refractivity contribution in [2.75, 3.05) is 26.7 Å². The number of fused-ring (bicyclic) bond motifs is 6. The van der Waals surface area contributed by atoms with Gasteiger partial charge in [0.05, 0.1) is 19.1 Å². The molecule has 0 unspecified atom stereocenters. The van der Waals surface area contributed by atoms with Gasteiger partial charge in [0.15, 0.2) is 0 Å². The van der Waals surface area contributed by atoms with Gasteiger partial charge >= 0.3 is 12.1 Å². The van der Waals surface area contributed by atoms with Crippen LogP contribution in [0.1, 0.15) is 49.9 Å². The van der Waals surface area contributed by atoms with Gasteiger partial charge in [0.1, 0.15) is 6.10 Å². The predicted octanol–water partition coefficient (Wildman–Crippen LogP) is 3.79. The van der Waals surface area contributed by atoms with Crippen LogP contribution in [0.5, 0.6) is 0 Å². The van der Waals surface area contributed by atoms with Gasteiger partial charge in [-0.2, -0.15) is 0 Å². The van der Waals surface area contributed by atoms with Crippen molar-refractivity contribution in [3.05, 3.63) is 35.5 Å². The molecule has 1 saturated carbocycles. The minimum absolute atomic E-state index is 0.138. The number of methoxy groups -OCH3 is 1. The summed E-state index contributed by atoms with van der Waals surface area (Å²) in [6, 6.07) is 8.76. The molecule has 1 saturated heterocycles. The molecule has 5 rings (SSSR count). The van der Waals surface area contributed by atoms with Crippen LogP contribution in [-0.2, 0) is 20.7 Å². The lowest BCUT2D eigenvalue weighted by Crippen LogP contribution is -2.54. The SMILES string of the molecule is CCCNC(=O)O[C@H]1CC[C@H]2CN3CCc4c([nH]c5ccccc45)[C@@H]3C[C@@H]2[C@H]1C(=O)OC. The van der Waals surface area contributed by atoms with E-state index in [9.17, 15) is 9.59 Å². The van der Waals surface area contributed by atoms with E-state index in [1.807, 2.05) is 6.92 Å². The number of hydrogen-bond donors (Lipinski definition) is 2. The Kier molecular flexibility index (Phi) is 5.84. The van der Waals surface area contributed by atoms with Crippen LogP contribution in [0.2, 0.25) is 0 Å². The molecule has 2 fully saturated rings. The summed E-state index contributed by atoms with van der Waals surface area (Å²) in [5.41, 5.74) is 3.89. The molecule has 0 radical (unpaired) electrons. The number of ether oxygens (including phenoxy) is 2. The summed E-state index contributed by atoms with van der Waals surface area (Å²) in [6.07, 6.45) is 3.58. The Balaban J connectivity index is 1.42. The number of esters is 1. The average Bonchev–Trinajstić information content (AvgIpc) is 3.20. The second-order valence-corrected chi connectivity index (χ2v) is 9.48. The summed E-state index contributed by atoms with van der Waals surface area (Å²) in [5.74, 6) is -0.115. The molecule has 0 bridgehead atoms. The number of amides is 1. The second kappa shape index (κ2) is 8.77. The lowest BCUT2D eigenvalue weighted by Gasteiger charge is -2.51. The largest absolute Gasteiger partial charge is 0.469 e. The molecule has 5 atom stereocenters. The van der Waals surface area contributed by atoms with Gasteiger partial charge in [-0.05, 0) is 55.6 Å². The van der Waals surface area contributed by atoms with Crippen molar-refractivity contribution in [1.29, 1.82) is 0 Å². The number of hydrogen-bond acceptors (Lipinski definition) is 5. The van der Waals surface area contributed by atoms with E-state index in [2.05, 4.69) is 39.5 Å². The lowest BCUT2D eigenvalue weighted by atomic mass is 9.64. The molecule has 2 N–H and O–H groups in total. The highest BCUT2D eigenvalue weighted by Crippen LogP contribution is 2.49. The van der Waals surface area contributed by atoms with Gasteiger partial charge in [-0.15, -0.1) is 0 Å². The fourth-order valence-corrected chi connectivity index (χ4v) is 6.32. The molecular weight excluding hydrogens is 406 g/mol. The monoisotopic (exact) mass is 439 g/mol. The van der Waals surface area contributed by atoms with E-state index < -0.39 is 18.1 Å². The fraction of sp³-hybridized carbons (Fsp3) is 0.600. The lowest BCUT2D eigenvalue weighted by molar-refractivity contribution is -0.160. The van der Waals surface area contributed by atoms with Crippen LogP contribution in [0.3, 0.4) is 0 Å². The Hall–Kier alpha value is -2.54.